The van der Waals surface area contributed by atoms with Crippen molar-refractivity contribution in [1.29, 1.82) is 0 Å². The summed E-state index contributed by atoms with van der Waals surface area (Å²) in [4.78, 5) is 5.44. The summed E-state index contributed by atoms with van der Waals surface area (Å²) in [5, 5.41) is 13.2. The second kappa shape index (κ2) is 6.54. The van der Waals surface area contributed by atoms with Gasteiger partial charge in [-0.2, -0.15) is 4.89 Å². The van der Waals surface area contributed by atoms with E-state index in [1.165, 1.54) is 0 Å². The van der Waals surface area contributed by atoms with Crippen molar-refractivity contribution in [2.24, 2.45) is 0 Å². The Balaban J connectivity index is 2.29. The van der Waals surface area contributed by atoms with Crippen LogP contribution in [0.1, 0.15) is 16.7 Å². The zero-order chi connectivity index (χ0) is 15.3. The first-order chi connectivity index (χ1) is 10.9. The normalized spacial score (nSPS) is 11.3. The third-order valence-electron chi connectivity index (χ3n) is 3.70. The van der Waals surface area contributed by atoms with E-state index >= 15 is 0 Å². The lowest BCUT2D eigenvalue weighted by atomic mass is 9.80. The molecule has 0 saturated carbocycles. The number of hydrogen-bond donors (Lipinski definition) is 1. The van der Waals surface area contributed by atoms with Crippen LogP contribution in [-0.4, -0.2) is 5.26 Å². The van der Waals surface area contributed by atoms with Crippen molar-refractivity contribution in [3.63, 3.8) is 0 Å². The molecule has 0 unspecified atom stereocenters. The maximum absolute atomic E-state index is 9.06. The zero-order valence-corrected chi connectivity index (χ0v) is 11.9. The van der Waals surface area contributed by atoms with Crippen molar-refractivity contribution >= 4 is 0 Å². The quantitative estimate of drug-likeness (QED) is 0.430. The summed E-state index contributed by atoms with van der Waals surface area (Å²) in [6.45, 7) is 0. The van der Waals surface area contributed by atoms with Gasteiger partial charge < -0.3 is 0 Å². The highest BCUT2D eigenvalue weighted by Crippen LogP contribution is 2.40. The van der Waals surface area contributed by atoms with Crippen molar-refractivity contribution in [2.45, 2.75) is 5.60 Å². The second-order valence-electron chi connectivity index (χ2n) is 4.94. The van der Waals surface area contributed by atoms with Crippen LogP contribution in [0.25, 0.3) is 0 Å². The molecule has 0 aliphatic heterocycles. The van der Waals surface area contributed by atoms with Gasteiger partial charge in [0.15, 0.2) is 5.60 Å². The van der Waals surface area contributed by atoms with Gasteiger partial charge in [0, 0.05) is 0 Å². The van der Waals surface area contributed by atoms with Gasteiger partial charge in [-0.25, -0.2) is 5.26 Å². The number of hydrogen-bond acceptors (Lipinski definition) is 3. The minimum Gasteiger partial charge on any atom is -0.221 e. The molecule has 3 heteroatoms. The highest BCUT2D eigenvalue weighted by Gasteiger charge is 2.39. The maximum Gasteiger partial charge on any atom is 0.182 e. The van der Waals surface area contributed by atoms with Crippen molar-refractivity contribution in [1.82, 2.24) is 0 Å². The van der Waals surface area contributed by atoms with E-state index in [-0.39, 0.29) is 0 Å². The molecule has 22 heavy (non-hydrogen) atoms. The second-order valence-corrected chi connectivity index (χ2v) is 4.94. The van der Waals surface area contributed by atoms with Crippen LogP contribution in [0.3, 0.4) is 0 Å². The van der Waals surface area contributed by atoms with Gasteiger partial charge in [-0.15, -0.1) is 0 Å². The van der Waals surface area contributed by atoms with Gasteiger partial charge in [-0.3, -0.25) is 0 Å². The molecule has 0 bridgehead atoms. The summed E-state index contributed by atoms with van der Waals surface area (Å²) in [7, 11) is 0. The van der Waals surface area contributed by atoms with E-state index < -0.39 is 5.60 Å². The van der Waals surface area contributed by atoms with E-state index in [1.54, 1.807) is 0 Å². The molecule has 3 rings (SSSR count). The van der Waals surface area contributed by atoms with Gasteiger partial charge in [0.25, 0.3) is 0 Å². The molecule has 0 aliphatic carbocycles. The van der Waals surface area contributed by atoms with Crippen molar-refractivity contribution < 1.29 is 15.2 Å². The first kappa shape index (κ1) is 14.5. The molecule has 0 spiro atoms. The minimum atomic E-state index is -1.04. The SMILES string of the molecule is OOOC(c1ccccc1)(c1ccccc1)c1ccccc1. The van der Waals surface area contributed by atoms with Crippen molar-refractivity contribution in [3.05, 3.63) is 108 Å². The number of rotatable bonds is 5. The number of benzene rings is 3. The Bertz CT molecular complexity index is 600. The minimum absolute atomic E-state index is 0.862. The van der Waals surface area contributed by atoms with Gasteiger partial charge in [-0.05, 0) is 16.7 Å². The predicted molar refractivity (Wildman–Crippen MR) is 84.0 cm³/mol. The van der Waals surface area contributed by atoms with E-state index in [4.69, 9.17) is 10.1 Å². The Morgan fingerprint density at radius 3 is 1.14 bits per heavy atom. The van der Waals surface area contributed by atoms with Crippen LogP contribution in [0.4, 0.5) is 0 Å². The van der Waals surface area contributed by atoms with E-state index in [0.717, 1.165) is 16.7 Å². The summed E-state index contributed by atoms with van der Waals surface area (Å²) in [5.41, 5.74) is 1.54. The fourth-order valence-corrected chi connectivity index (χ4v) is 2.72. The first-order valence-corrected chi connectivity index (χ1v) is 7.04. The van der Waals surface area contributed by atoms with Crippen LogP contribution in [0.2, 0.25) is 0 Å². The third-order valence-corrected chi connectivity index (χ3v) is 3.70. The van der Waals surface area contributed by atoms with Crippen LogP contribution < -0.4 is 0 Å². The standard InChI is InChI=1S/C19H16O3/c20-22-21-19(16-10-4-1-5-11-16,17-12-6-2-7-13-17)18-14-8-3-9-15-18/h1-15,20H. The molecule has 3 nitrogen and oxygen atoms in total. The zero-order valence-electron chi connectivity index (χ0n) is 11.9. The van der Waals surface area contributed by atoms with Crippen LogP contribution in [0, 0.1) is 0 Å². The van der Waals surface area contributed by atoms with Crippen LogP contribution in [0.15, 0.2) is 91.0 Å². The molecule has 0 radical (unpaired) electrons. The molecule has 1 N–H and O–H groups in total. The Kier molecular flexibility index (Phi) is 4.30. The molecule has 0 heterocycles. The molecular weight excluding hydrogens is 276 g/mol. The van der Waals surface area contributed by atoms with Crippen LogP contribution in [0.5, 0.6) is 0 Å². The fourth-order valence-electron chi connectivity index (χ4n) is 2.72. The van der Waals surface area contributed by atoms with E-state index in [0.29, 0.717) is 0 Å². The monoisotopic (exact) mass is 292 g/mol. The summed E-state index contributed by atoms with van der Waals surface area (Å²) in [6.07, 6.45) is 0. The smallest absolute Gasteiger partial charge is 0.182 e. The molecule has 0 aliphatic rings. The van der Waals surface area contributed by atoms with Gasteiger partial charge in [0.2, 0.25) is 0 Å². The molecule has 3 aromatic rings. The average Bonchev–Trinajstić information content (AvgIpc) is 2.62. The van der Waals surface area contributed by atoms with Crippen LogP contribution in [-0.2, 0) is 15.5 Å². The van der Waals surface area contributed by atoms with Gasteiger partial charge in [0.05, 0.1) is 0 Å². The van der Waals surface area contributed by atoms with E-state index in [2.05, 4.69) is 5.04 Å². The van der Waals surface area contributed by atoms with Crippen molar-refractivity contribution in [3.8, 4) is 0 Å². The fraction of sp³-hybridized carbons (Fsp3) is 0.0526. The summed E-state index contributed by atoms with van der Waals surface area (Å²) < 4.78 is 0. The van der Waals surface area contributed by atoms with Gasteiger partial charge in [0.1, 0.15) is 0 Å². The van der Waals surface area contributed by atoms with E-state index in [1.807, 2.05) is 91.0 Å². The van der Waals surface area contributed by atoms with Gasteiger partial charge >= 0.3 is 0 Å². The predicted octanol–water partition coefficient (Wildman–Crippen LogP) is 4.40. The lowest BCUT2D eigenvalue weighted by Crippen LogP contribution is -2.32. The third kappa shape index (κ3) is 2.53. The molecule has 0 aromatic heterocycles. The van der Waals surface area contributed by atoms with E-state index in [9.17, 15) is 0 Å². The first-order valence-electron chi connectivity index (χ1n) is 7.04. The molecule has 0 saturated heterocycles. The molecular formula is C19H16O3. The Labute approximate surface area is 129 Å². The summed E-state index contributed by atoms with van der Waals surface area (Å²) in [6, 6.07) is 29.0. The Hall–Kier alpha value is -2.46. The molecule has 3 aromatic carbocycles. The van der Waals surface area contributed by atoms with Gasteiger partial charge in [-0.1, -0.05) is 96.0 Å². The topological polar surface area (TPSA) is 38.7 Å². The highest BCUT2D eigenvalue weighted by atomic mass is 17.5. The molecule has 0 fully saturated rings. The average molecular weight is 292 g/mol. The largest absolute Gasteiger partial charge is 0.221 e. The van der Waals surface area contributed by atoms with Crippen LogP contribution >= 0.6 is 0 Å². The van der Waals surface area contributed by atoms with Crippen molar-refractivity contribution in [2.75, 3.05) is 0 Å². The lowest BCUT2D eigenvalue weighted by Gasteiger charge is -2.32. The Morgan fingerprint density at radius 1 is 0.545 bits per heavy atom. The summed E-state index contributed by atoms with van der Waals surface area (Å²) in [5.74, 6) is 0. The lowest BCUT2D eigenvalue weighted by molar-refractivity contribution is -0.518. The molecule has 110 valence electrons. The maximum atomic E-state index is 9.06. The molecule has 0 atom stereocenters. The Morgan fingerprint density at radius 2 is 0.864 bits per heavy atom. The molecule has 0 amide bonds. The summed E-state index contributed by atoms with van der Waals surface area (Å²) >= 11 is 0. The highest BCUT2D eigenvalue weighted by molar-refractivity contribution is 5.47.